The van der Waals surface area contributed by atoms with Crippen LogP contribution in [0.3, 0.4) is 0 Å². The predicted octanol–water partition coefficient (Wildman–Crippen LogP) is 3.76. The first kappa shape index (κ1) is 17.2. The van der Waals surface area contributed by atoms with Crippen LogP contribution in [0.2, 0.25) is 5.02 Å². The second-order valence-corrected chi connectivity index (χ2v) is 6.48. The third-order valence-corrected chi connectivity index (χ3v) is 4.52. The number of aromatic nitrogens is 5. The lowest BCUT2D eigenvalue weighted by Crippen LogP contribution is -2.14. The van der Waals surface area contributed by atoms with Crippen LogP contribution in [0.25, 0.3) is 22.3 Å². The van der Waals surface area contributed by atoms with Gasteiger partial charge in [0.1, 0.15) is 5.02 Å². The number of anilines is 1. The van der Waals surface area contributed by atoms with Gasteiger partial charge in [0.05, 0.1) is 22.8 Å². The molecule has 0 radical (unpaired) electrons. The highest BCUT2D eigenvalue weighted by molar-refractivity contribution is 6.33. The molecule has 8 heteroatoms. The van der Waals surface area contributed by atoms with E-state index in [2.05, 4.69) is 15.5 Å². The number of carbonyl (C=O) groups excluding carboxylic acids is 1. The monoisotopic (exact) mass is 380 g/mol. The summed E-state index contributed by atoms with van der Waals surface area (Å²) in [6.07, 6.45) is 3.29. The van der Waals surface area contributed by atoms with Gasteiger partial charge in [-0.2, -0.15) is 10.2 Å². The number of hydrogen-bond donors (Lipinski definition) is 1. The molecule has 136 valence electrons. The molecule has 4 aromatic rings. The molecule has 0 saturated carbocycles. The van der Waals surface area contributed by atoms with Crippen molar-refractivity contribution in [2.45, 2.75) is 13.5 Å². The van der Waals surface area contributed by atoms with Crippen LogP contribution in [0.15, 0.2) is 48.8 Å². The Balaban J connectivity index is 1.84. The number of pyridine rings is 1. The molecule has 1 amide bonds. The quantitative estimate of drug-likeness (QED) is 0.584. The van der Waals surface area contributed by atoms with E-state index >= 15 is 0 Å². The number of aryl methyl sites for hydroxylation is 2. The number of nitrogens with one attached hydrogen (secondary N) is 1. The Labute approximate surface area is 160 Å². The van der Waals surface area contributed by atoms with Gasteiger partial charge in [-0.25, -0.2) is 9.67 Å². The summed E-state index contributed by atoms with van der Waals surface area (Å²) in [5.41, 5.74) is 2.76. The van der Waals surface area contributed by atoms with E-state index in [1.54, 1.807) is 34.9 Å². The number of amides is 1. The maximum absolute atomic E-state index is 13.0. The van der Waals surface area contributed by atoms with E-state index in [1.165, 1.54) is 0 Å². The first-order valence-corrected chi connectivity index (χ1v) is 8.87. The molecule has 0 unspecified atom stereocenters. The zero-order chi connectivity index (χ0) is 19.0. The summed E-state index contributed by atoms with van der Waals surface area (Å²) in [5, 5.41) is 12.4. The van der Waals surface area contributed by atoms with Gasteiger partial charge in [0.25, 0.3) is 5.91 Å². The topological polar surface area (TPSA) is 77.6 Å². The SMILES string of the molecule is CCn1ncc2c(C(=O)Nc3nn(C)cc3Cl)cc(-c3ccccc3)nc21. The summed E-state index contributed by atoms with van der Waals surface area (Å²) in [6.45, 7) is 2.64. The molecule has 4 rings (SSSR count). The van der Waals surface area contributed by atoms with Crippen LogP contribution in [0, 0.1) is 0 Å². The molecule has 3 heterocycles. The summed E-state index contributed by atoms with van der Waals surface area (Å²) in [6, 6.07) is 11.5. The van der Waals surface area contributed by atoms with E-state index in [9.17, 15) is 4.79 Å². The Bertz CT molecular complexity index is 1130. The van der Waals surface area contributed by atoms with Crippen molar-refractivity contribution in [1.82, 2.24) is 24.5 Å². The fourth-order valence-corrected chi connectivity index (χ4v) is 3.17. The van der Waals surface area contributed by atoms with Gasteiger partial charge in [0.15, 0.2) is 11.5 Å². The number of benzene rings is 1. The molecular weight excluding hydrogens is 364 g/mol. The maximum Gasteiger partial charge on any atom is 0.257 e. The number of nitrogens with zero attached hydrogens (tertiary/aromatic N) is 5. The molecule has 0 atom stereocenters. The van der Waals surface area contributed by atoms with Crippen LogP contribution < -0.4 is 5.32 Å². The van der Waals surface area contributed by atoms with Crippen LogP contribution >= 0.6 is 11.6 Å². The Morgan fingerprint density at radius 1 is 1.26 bits per heavy atom. The number of hydrogen-bond acceptors (Lipinski definition) is 4. The highest BCUT2D eigenvalue weighted by Crippen LogP contribution is 2.26. The van der Waals surface area contributed by atoms with Crippen molar-refractivity contribution in [1.29, 1.82) is 0 Å². The molecule has 0 fully saturated rings. The van der Waals surface area contributed by atoms with Gasteiger partial charge >= 0.3 is 0 Å². The first-order chi connectivity index (χ1) is 13.1. The van der Waals surface area contributed by atoms with Crippen molar-refractivity contribution >= 4 is 34.4 Å². The summed E-state index contributed by atoms with van der Waals surface area (Å²) < 4.78 is 3.32. The van der Waals surface area contributed by atoms with E-state index in [4.69, 9.17) is 16.6 Å². The fraction of sp³-hybridized carbons (Fsp3) is 0.158. The summed E-state index contributed by atoms with van der Waals surface area (Å²) in [4.78, 5) is 17.7. The molecule has 0 saturated heterocycles. The normalized spacial score (nSPS) is 11.1. The van der Waals surface area contributed by atoms with Crippen molar-refractivity contribution in [3.63, 3.8) is 0 Å². The van der Waals surface area contributed by atoms with Gasteiger partial charge in [-0.05, 0) is 13.0 Å². The highest BCUT2D eigenvalue weighted by atomic mass is 35.5. The lowest BCUT2D eigenvalue weighted by molar-refractivity contribution is 0.102. The fourth-order valence-electron chi connectivity index (χ4n) is 2.94. The molecule has 27 heavy (non-hydrogen) atoms. The maximum atomic E-state index is 13.0. The van der Waals surface area contributed by atoms with Crippen molar-refractivity contribution in [3.8, 4) is 11.3 Å². The molecule has 0 aliphatic carbocycles. The van der Waals surface area contributed by atoms with Gasteiger partial charge in [0, 0.05) is 25.4 Å². The van der Waals surface area contributed by atoms with Crippen LogP contribution in [0.4, 0.5) is 5.82 Å². The lowest BCUT2D eigenvalue weighted by Gasteiger charge is -2.08. The van der Waals surface area contributed by atoms with Crippen LogP contribution in [-0.2, 0) is 13.6 Å². The van der Waals surface area contributed by atoms with E-state index in [0.29, 0.717) is 39.7 Å². The van der Waals surface area contributed by atoms with Crippen molar-refractivity contribution < 1.29 is 4.79 Å². The second-order valence-electron chi connectivity index (χ2n) is 6.07. The molecule has 1 aromatic carbocycles. The van der Waals surface area contributed by atoms with Gasteiger partial charge in [0.2, 0.25) is 0 Å². The zero-order valence-electron chi connectivity index (χ0n) is 14.8. The minimum atomic E-state index is -0.309. The van der Waals surface area contributed by atoms with E-state index in [-0.39, 0.29) is 5.91 Å². The average molecular weight is 381 g/mol. The first-order valence-electron chi connectivity index (χ1n) is 8.49. The van der Waals surface area contributed by atoms with Crippen LogP contribution in [0.5, 0.6) is 0 Å². The van der Waals surface area contributed by atoms with Gasteiger partial charge in [-0.1, -0.05) is 41.9 Å². The molecule has 0 aliphatic rings. The minimum Gasteiger partial charge on any atom is -0.304 e. The second kappa shape index (κ2) is 6.85. The largest absolute Gasteiger partial charge is 0.304 e. The molecule has 0 spiro atoms. The summed E-state index contributed by atoms with van der Waals surface area (Å²) in [5.74, 6) is 0.00843. The Hall–Kier alpha value is -3.19. The van der Waals surface area contributed by atoms with Crippen LogP contribution in [0.1, 0.15) is 17.3 Å². The third kappa shape index (κ3) is 3.17. The van der Waals surface area contributed by atoms with Crippen molar-refractivity contribution in [2.75, 3.05) is 5.32 Å². The molecular formula is C19H17ClN6O. The van der Waals surface area contributed by atoms with E-state index < -0.39 is 0 Å². The van der Waals surface area contributed by atoms with E-state index in [0.717, 1.165) is 5.56 Å². The van der Waals surface area contributed by atoms with Gasteiger partial charge in [-0.15, -0.1) is 0 Å². The Kier molecular flexibility index (Phi) is 4.37. The average Bonchev–Trinajstić information content (AvgIpc) is 3.23. The minimum absolute atomic E-state index is 0.309. The number of carbonyl (C=O) groups is 1. The van der Waals surface area contributed by atoms with E-state index in [1.807, 2.05) is 37.3 Å². The number of fused-ring (bicyclic) bond motifs is 1. The third-order valence-electron chi connectivity index (χ3n) is 4.24. The molecule has 0 bridgehead atoms. The Morgan fingerprint density at radius 2 is 2.04 bits per heavy atom. The smallest absolute Gasteiger partial charge is 0.257 e. The molecule has 3 aromatic heterocycles. The van der Waals surface area contributed by atoms with Gasteiger partial charge in [-0.3, -0.25) is 9.48 Å². The molecule has 0 aliphatic heterocycles. The summed E-state index contributed by atoms with van der Waals surface area (Å²) in [7, 11) is 1.74. The van der Waals surface area contributed by atoms with Gasteiger partial charge < -0.3 is 5.32 Å². The molecule has 7 nitrogen and oxygen atoms in total. The lowest BCUT2D eigenvalue weighted by atomic mass is 10.1. The highest BCUT2D eigenvalue weighted by Gasteiger charge is 2.19. The number of rotatable bonds is 4. The predicted molar refractivity (Wildman–Crippen MR) is 105 cm³/mol. The standard InChI is InChI=1S/C19H17ClN6O/c1-3-26-18-14(10-21-26)13(9-16(22-18)12-7-5-4-6-8-12)19(27)23-17-15(20)11-25(2)24-17/h4-11H,3H2,1-2H3,(H,23,24,27). The molecule has 1 N–H and O–H groups in total. The van der Waals surface area contributed by atoms with Crippen LogP contribution in [-0.4, -0.2) is 30.5 Å². The number of halogens is 1. The zero-order valence-corrected chi connectivity index (χ0v) is 15.6. The van der Waals surface area contributed by atoms with Crippen molar-refractivity contribution in [2.24, 2.45) is 7.05 Å². The summed E-state index contributed by atoms with van der Waals surface area (Å²) >= 11 is 6.12. The Morgan fingerprint density at radius 3 is 2.70 bits per heavy atom. The van der Waals surface area contributed by atoms with Crippen molar-refractivity contribution in [3.05, 3.63) is 59.4 Å².